The van der Waals surface area contributed by atoms with Crippen LogP contribution < -0.4 is 9.47 Å². The minimum Gasteiger partial charge on any atom is -0.493 e. The van der Waals surface area contributed by atoms with Crippen LogP contribution >= 0.6 is 27.5 Å². The molecule has 3 aromatic rings. The second-order valence-electron chi connectivity index (χ2n) is 6.45. The molecule has 3 aromatic carbocycles. The van der Waals surface area contributed by atoms with Crippen molar-refractivity contribution < 1.29 is 14.6 Å². The summed E-state index contributed by atoms with van der Waals surface area (Å²) in [5.41, 5.74) is 3.61. The van der Waals surface area contributed by atoms with E-state index >= 15 is 0 Å². The Morgan fingerprint density at radius 1 is 1.11 bits per heavy atom. The van der Waals surface area contributed by atoms with E-state index in [1.807, 2.05) is 48.5 Å². The number of aliphatic hydroxyl groups excluding tert-OH is 1. The van der Waals surface area contributed by atoms with E-state index in [9.17, 15) is 5.11 Å². The molecular weight excluding hydrogens is 428 g/mol. The van der Waals surface area contributed by atoms with Crippen molar-refractivity contribution in [1.82, 2.24) is 0 Å². The molecule has 0 aromatic heterocycles. The third kappa shape index (κ3) is 3.98. The molecule has 0 amide bonds. The lowest BCUT2D eigenvalue weighted by Gasteiger charge is -2.17. The van der Waals surface area contributed by atoms with Crippen molar-refractivity contribution in [3.05, 3.63) is 92.4 Å². The van der Waals surface area contributed by atoms with Gasteiger partial charge in [-0.05, 0) is 44.8 Å². The van der Waals surface area contributed by atoms with Crippen LogP contribution in [0.1, 0.15) is 28.4 Å². The number of rotatable bonds is 5. The number of ether oxygens (including phenoxy) is 2. The standard InChI is InChI=1S/C22H18BrClO3/c23-18-11-17(22(25)16-7-6-15-8-9-26-20(15)10-16)19(24)12-21(18)27-13-14-4-2-1-3-5-14/h1-7,10-12,22,25H,8-9,13H2. The highest BCUT2D eigenvalue weighted by Gasteiger charge is 2.20. The maximum atomic E-state index is 10.8. The highest BCUT2D eigenvalue weighted by molar-refractivity contribution is 9.10. The van der Waals surface area contributed by atoms with E-state index in [1.165, 1.54) is 5.56 Å². The number of hydrogen-bond acceptors (Lipinski definition) is 3. The van der Waals surface area contributed by atoms with Crippen LogP contribution in [0.25, 0.3) is 0 Å². The third-order valence-electron chi connectivity index (χ3n) is 4.62. The second-order valence-corrected chi connectivity index (χ2v) is 7.71. The maximum Gasteiger partial charge on any atom is 0.135 e. The van der Waals surface area contributed by atoms with Crippen molar-refractivity contribution >= 4 is 27.5 Å². The van der Waals surface area contributed by atoms with Crippen molar-refractivity contribution in [2.75, 3.05) is 6.61 Å². The molecule has 0 radical (unpaired) electrons. The molecule has 0 fully saturated rings. The summed E-state index contributed by atoms with van der Waals surface area (Å²) in [5.74, 6) is 1.47. The number of halogens is 2. The molecule has 4 rings (SSSR count). The van der Waals surface area contributed by atoms with Gasteiger partial charge in [0.15, 0.2) is 0 Å². The first kappa shape index (κ1) is 18.4. The Morgan fingerprint density at radius 2 is 1.93 bits per heavy atom. The van der Waals surface area contributed by atoms with Gasteiger partial charge in [0.25, 0.3) is 0 Å². The van der Waals surface area contributed by atoms with Crippen LogP contribution in [0.2, 0.25) is 5.02 Å². The van der Waals surface area contributed by atoms with Gasteiger partial charge in [0.05, 0.1) is 16.1 Å². The minimum absolute atomic E-state index is 0.444. The van der Waals surface area contributed by atoms with Gasteiger partial charge in [-0.3, -0.25) is 0 Å². The Labute approximate surface area is 171 Å². The molecule has 0 saturated carbocycles. The number of aliphatic hydroxyl groups is 1. The van der Waals surface area contributed by atoms with E-state index < -0.39 is 6.10 Å². The van der Waals surface area contributed by atoms with E-state index in [0.717, 1.165) is 27.8 Å². The van der Waals surface area contributed by atoms with Crippen LogP contribution in [0.15, 0.2) is 65.1 Å². The van der Waals surface area contributed by atoms with Gasteiger partial charge >= 0.3 is 0 Å². The van der Waals surface area contributed by atoms with Gasteiger partial charge in [-0.15, -0.1) is 0 Å². The minimum atomic E-state index is -0.841. The van der Waals surface area contributed by atoms with E-state index in [1.54, 1.807) is 12.1 Å². The zero-order chi connectivity index (χ0) is 18.8. The fourth-order valence-corrected chi connectivity index (χ4v) is 3.86. The van der Waals surface area contributed by atoms with Crippen LogP contribution in [0.4, 0.5) is 0 Å². The Hall–Kier alpha value is -2.01. The smallest absolute Gasteiger partial charge is 0.135 e. The van der Waals surface area contributed by atoms with Crippen LogP contribution in [0, 0.1) is 0 Å². The van der Waals surface area contributed by atoms with Crippen molar-refractivity contribution in [1.29, 1.82) is 0 Å². The first-order valence-electron chi connectivity index (χ1n) is 8.71. The van der Waals surface area contributed by atoms with Crippen LogP contribution in [0.5, 0.6) is 11.5 Å². The normalized spacial score (nSPS) is 13.7. The maximum absolute atomic E-state index is 10.8. The molecule has 1 N–H and O–H groups in total. The summed E-state index contributed by atoms with van der Waals surface area (Å²) in [4.78, 5) is 0. The summed E-state index contributed by atoms with van der Waals surface area (Å²) in [7, 11) is 0. The summed E-state index contributed by atoms with van der Waals surface area (Å²) in [5, 5.41) is 11.3. The zero-order valence-electron chi connectivity index (χ0n) is 14.5. The molecule has 27 heavy (non-hydrogen) atoms. The van der Waals surface area contributed by atoms with Crippen molar-refractivity contribution in [3.63, 3.8) is 0 Å². The molecule has 1 heterocycles. The van der Waals surface area contributed by atoms with Gasteiger partial charge in [0, 0.05) is 18.1 Å². The molecule has 3 nitrogen and oxygen atoms in total. The van der Waals surface area contributed by atoms with Gasteiger partial charge in [0.2, 0.25) is 0 Å². The fraction of sp³-hybridized carbons (Fsp3) is 0.182. The van der Waals surface area contributed by atoms with E-state index in [4.69, 9.17) is 21.1 Å². The average Bonchev–Trinajstić information content (AvgIpc) is 3.16. The lowest BCUT2D eigenvalue weighted by molar-refractivity contribution is 0.219. The largest absolute Gasteiger partial charge is 0.493 e. The van der Waals surface area contributed by atoms with Gasteiger partial charge in [0.1, 0.15) is 24.2 Å². The summed E-state index contributed by atoms with van der Waals surface area (Å²) in [6.45, 7) is 1.13. The van der Waals surface area contributed by atoms with Crippen LogP contribution in [-0.2, 0) is 13.0 Å². The molecule has 0 aliphatic carbocycles. The predicted octanol–water partition coefficient (Wildman–Crippen LogP) is 5.70. The second kappa shape index (κ2) is 7.93. The molecular formula is C22H18BrClO3. The molecule has 0 saturated heterocycles. The highest BCUT2D eigenvalue weighted by Crippen LogP contribution is 2.38. The van der Waals surface area contributed by atoms with Crippen LogP contribution in [0.3, 0.4) is 0 Å². The summed E-state index contributed by atoms with van der Waals surface area (Å²) in [6, 6.07) is 19.3. The lowest BCUT2D eigenvalue weighted by Crippen LogP contribution is -2.03. The molecule has 1 aliphatic rings. The number of hydrogen-bond donors (Lipinski definition) is 1. The summed E-state index contributed by atoms with van der Waals surface area (Å²) >= 11 is 9.98. The SMILES string of the molecule is OC(c1ccc2c(c1)OCC2)c1cc(Br)c(OCc2ccccc2)cc1Cl. The molecule has 1 atom stereocenters. The first-order chi connectivity index (χ1) is 13.1. The molecule has 1 unspecified atom stereocenters. The van der Waals surface area contributed by atoms with Crippen molar-refractivity contribution in [3.8, 4) is 11.5 Å². The Bertz CT molecular complexity index is 959. The Balaban J connectivity index is 1.56. The monoisotopic (exact) mass is 444 g/mol. The number of fused-ring (bicyclic) bond motifs is 1. The van der Waals surface area contributed by atoms with Crippen LogP contribution in [-0.4, -0.2) is 11.7 Å². The molecule has 138 valence electrons. The molecule has 0 bridgehead atoms. The first-order valence-corrected chi connectivity index (χ1v) is 9.88. The Morgan fingerprint density at radius 3 is 2.74 bits per heavy atom. The summed E-state index contributed by atoms with van der Waals surface area (Å²) in [6.07, 6.45) is 0.0670. The quantitative estimate of drug-likeness (QED) is 0.547. The van der Waals surface area contributed by atoms with Gasteiger partial charge in [-0.1, -0.05) is 54.1 Å². The Kier molecular flexibility index (Phi) is 5.39. The van der Waals surface area contributed by atoms with Crippen molar-refractivity contribution in [2.24, 2.45) is 0 Å². The molecule has 0 spiro atoms. The van der Waals surface area contributed by atoms with E-state index in [2.05, 4.69) is 15.9 Å². The highest BCUT2D eigenvalue weighted by atomic mass is 79.9. The average molecular weight is 446 g/mol. The van der Waals surface area contributed by atoms with Gasteiger partial charge < -0.3 is 14.6 Å². The lowest BCUT2D eigenvalue weighted by atomic mass is 9.99. The fourth-order valence-electron chi connectivity index (χ4n) is 3.13. The summed E-state index contributed by atoms with van der Waals surface area (Å²) < 4.78 is 12.2. The van der Waals surface area contributed by atoms with Gasteiger partial charge in [-0.2, -0.15) is 0 Å². The molecule has 5 heteroatoms. The zero-order valence-corrected chi connectivity index (χ0v) is 16.8. The third-order valence-corrected chi connectivity index (χ3v) is 5.57. The topological polar surface area (TPSA) is 38.7 Å². The molecule has 1 aliphatic heterocycles. The van der Waals surface area contributed by atoms with Gasteiger partial charge in [-0.25, -0.2) is 0 Å². The van der Waals surface area contributed by atoms with E-state index in [0.29, 0.717) is 29.5 Å². The number of benzene rings is 3. The van der Waals surface area contributed by atoms with E-state index in [-0.39, 0.29) is 0 Å². The van der Waals surface area contributed by atoms with Crippen molar-refractivity contribution in [2.45, 2.75) is 19.1 Å². The predicted molar refractivity (Wildman–Crippen MR) is 110 cm³/mol.